The Balaban J connectivity index is 0.000000155. The summed E-state index contributed by atoms with van der Waals surface area (Å²) in [4.78, 5) is 13.2. The van der Waals surface area contributed by atoms with Gasteiger partial charge in [0.2, 0.25) is 0 Å². The Bertz CT molecular complexity index is 3710. The number of hydrogen-bond acceptors (Lipinski definition) is 7. The third-order valence-electron chi connectivity index (χ3n) is 20.5. The maximum absolute atomic E-state index is 13.5. The van der Waals surface area contributed by atoms with E-state index in [1.165, 1.54) is 71.5 Å². The van der Waals surface area contributed by atoms with Crippen LogP contribution in [0.4, 0.5) is 26.3 Å². The number of aliphatic carboxylic acids is 1. The molecular formula is C79H87F6NO7S. The van der Waals surface area contributed by atoms with Crippen molar-refractivity contribution in [1.82, 2.24) is 4.90 Å². The molecule has 1 unspecified atom stereocenters. The standard InChI is InChI=1S/C28H31NO2.C26H35F5O3S.C25H21FO2/c30-24-11-15-27-23(20-24)10-14-26(21-6-2-1-3-7-21)28(27)22-8-12-25(13-9-22)31-19-18-29-16-4-5-17-29;1-24-11-9-20-19-6-5-18(32)15-17(19)14-16(23(20)21(24)7-8-22(24)33)4-2-12-35(34)13-3-10-25(27,28)26(29,30)31;1-2-23(19-6-4-3-5-7-19)25(21-13-15-22(26)16-14-21)20-11-8-18(9-12-20)10-17-24(27)28/h1-3,6-9,11-13,15,20,26,28,30H,4-5,10,14,16-19H2;5-6,15-16,20-23,32-33H,2-4,7-14H2,1H3;3-17H,2H2,1H3,(H,27,28)/b;;17-10+,25-23+/t26-,28+;16-,20-,21+,22+,23-,24+,35?;/m11./s1. The Hall–Kier alpha value is -7.46. The van der Waals surface area contributed by atoms with Gasteiger partial charge in [0.15, 0.2) is 0 Å². The SMILES string of the molecule is CC/C(=C(\c1ccc(F)cc1)c1ccc(/C=C/C(=O)O)cc1)c1ccccc1.C[C@]12CC[C@@H]3c4ccc(O)cc4C[C@@H](CCCS(=O)CCCC(F)(F)C(F)(F)F)[C@H]3[C@@H]1CC[C@@H]2O.Oc1ccc2c(c1)CC[C@H](c1ccccc1)[C@@H]2c1ccc(OCCN2CCCC2)cc1. The highest BCUT2D eigenvalue weighted by Crippen LogP contribution is 2.63. The number of aryl methyl sites for hydroxylation is 1. The van der Waals surface area contributed by atoms with E-state index in [9.17, 15) is 50.7 Å². The van der Waals surface area contributed by atoms with E-state index in [0.29, 0.717) is 35.8 Å². The zero-order chi connectivity index (χ0) is 66.6. The minimum absolute atomic E-state index is 0.111. The predicted molar refractivity (Wildman–Crippen MR) is 362 cm³/mol. The summed E-state index contributed by atoms with van der Waals surface area (Å²) in [7, 11) is -1.44. The van der Waals surface area contributed by atoms with Crippen LogP contribution in [0.2, 0.25) is 0 Å². The molecule has 0 radical (unpaired) electrons. The molecule has 1 saturated heterocycles. The number of carbonyl (C=O) groups is 1. The summed E-state index contributed by atoms with van der Waals surface area (Å²) in [5.74, 6) is -2.22. The Morgan fingerprint density at radius 2 is 1.33 bits per heavy atom. The van der Waals surface area contributed by atoms with Gasteiger partial charge >= 0.3 is 18.1 Å². The van der Waals surface area contributed by atoms with E-state index in [1.54, 1.807) is 24.3 Å². The number of aliphatic hydroxyl groups excluding tert-OH is 1. The van der Waals surface area contributed by atoms with Crippen LogP contribution in [0.15, 0.2) is 176 Å². The molecule has 1 aliphatic heterocycles. The average Bonchev–Trinajstić information content (AvgIpc) is 1.43. The monoisotopic (exact) mass is 1310 g/mol. The highest BCUT2D eigenvalue weighted by Gasteiger charge is 2.57. The number of halogens is 6. The fourth-order valence-electron chi connectivity index (χ4n) is 15.8. The molecule has 15 heteroatoms. The van der Waals surface area contributed by atoms with Crippen molar-refractivity contribution in [3.05, 3.63) is 237 Å². The molecule has 12 rings (SSSR count). The molecule has 94 heavy (non-hydrogen) atoms. The van der Waals surface area contributed by atoms with Crippen LogP contribution in [0.25, 0.3) is 17.2 Å². The van der Waals surface area contributed by atoms with Crippen molar-refractivity contribution >= 4 is 34.0 Å². The van der Waals surface area contributed by atoms with E-state index in [2.05, 4.69) is 91.5 Å². The largest absolute Gasteiger partial charge is 0.508 e. The molecule has 2 saturated carbocycles. The van der Waals surface area contributed by atoms with Crippen LogP contribution in [-0.2, 0) is 28.4 Å². The number of aromatic hydroxyl groups is 2. The van der Waals surface area contributed by atoms with Crippen LogP contribution in [0, 0.1) is 29.0 Å². The van der Waals surface area contributed by atoms with Crippen LogP contribution in [0.1, 0.15) is 164 Å². The van der Waals surface area contributed by atoms with Crippen molar-refractivity contribution in [2.24, 2.45) is 23.2 Å². The van der Waals surface area contributed by atoms with Gasteiger partial charge in [-0.25, -0.2) is 9.18 Å². The maximum atomic E-state index is 13.5. The van der Waals surface area contributed by atoms with Gasteiger partial charge in [-0.15, -0.1) is 0 Å². The molecule has 0 spiro atoms. The quantitative estimate of drug-likeness (QED) is 0.0338. The van der Waals surface area contributed by atoms with E-state index >= 15 is 0 Å². The zero-order valence-corrected chi connectivity index (χ0v) is 54.5. The molecule has 4 N–H and O–H groups in total. The molecule has 3 fully saturated rings. The van der Waals surface area contributed by atoms with Crippen molar-refractivity contribution < 1.29 is 60.5 Å². The first kappa shape index (κ1) is 69.4. The summed E-state index contributed by atoms with van der Waals surface area (Å²) in [5, 5.41) is 39.6. The van der Waals surface area contributed by atoms with Crippen molar-refractivity contribution in [2.45, 2.75) is 140 Å². The fraction of sp³-hybridized carbons (Fsp3) is 0.405. The molecule has 0 aromatic heterocycles. The van der Waals surface area contributed by atoms with Gasteiger partial charge in [0.25, 0.3) is 0 Å². The minimum Gasteiger partial charge on any atom is -0.508 e. The van der Waals surface area contributed by atoms with E-state index < -0.39 is 41.7 Å². The molecule has 0 bridgehead atoms. The third kappa shape index (κ3) is 17.0. The summed E-state index contributed by atoms with van der Waals surface area (Å²) < 4.78 is 95.0. The van der Waals surface area contributed by atoms with Crippen LogP contribution >= 0.6 is 0 Å². The highest BCUT2D eigenvalue weighted by molar-refractivity contribution is 7.84. The first-order chi connectivity index (χ1) is 45.2. The first-order valence-electron chi connectivity index (χ1n) is 33.4. The second-order valence-corrected chi connectivity index (χ2v) is 28.0. The Morgan fingerprint density at radius 3 is 1.98 bits per heavy atom. The molecule has 5 aliphatic rings. The number of allylic oxidation sites excluding steroid dienone is 1. The van der Waals surface area contributed by atoms with Gasteiger partial charge in [0.1, 0.15) is 29.7 Å². The lowest BCUT2D eigenvalue weighted by Crippen LogP contribution is -2.47. The van der Waals surface area contributed by atoms with Gasteiger partial charge < -0.3 is 25.2 Å². The topological polar surface area (TPSA) is 128 Å². The van der Waals surface area contributed by atoms with E-state index in [4.69, 9.17) is 9.84 Å². The summed E-state index contributed by atoms with van der Waals surface area (Å²) in [5.41, 5.74) is 13.7. The number of rotatable bonds is 20. The van der Waals surface area contributed by atoms with Gasteiger partial charge in [0.05, 0.1) is 6.10 Å². The van der Waals surface area contributed by atoms with Gasteiger partial charge in [-0.1, -0.05) is 135 Å². The number of ether oxygens (including phenoxy) is 1. The molecule has 7 aromatic carbocycles. The second kappa shape index (κ2) is 31.4. The Kier molecular flexibility index (Phi) is 23.2. The molecule has 7 aromatic rings. The number of fused-ring (bicyclic) bond motifs is 6. The molecule has 1 heterocycles. The summed E-state index contributed by atoms with van der Waals surface area (Å²) in [6.07, 6.45) is 6.45. The number of alkyl halides is 5. The molecule has 498 valence electrons. The van der Waals surface area contributed by atoms with Crippen molar-refractivity contribution in [1.29, 1.82) is 0 Å². The number of phenols is 2. The van der Waals surface area contributed by atoms with Crippen LogP contribution in [-0.4, -0.2) is 91.5 Å². The summed E-state index contributed by atoms with van der Waals surface area (Å²) >= 11 is 0. The molecule has 4 aliphatic carbocycles. The highest BCUT2D eigenvalue weighted by atomic mass is 32.2. The Morgan fingerprint density at radius 1 is 0.702 bits per heavy atom. The zero-order valence-electron chi connectivity index (χ0n) is 53.6. The van der Waals surface area contributed by atoms with E-state index in [-0.39, 0.29) is 46.4 Å². The second-order valence-electron chi connectivity index (χ2n) is 26.3. The number of carboxylic acid groups (broad SMARTS) is 1. The van der Waals surface area contributed by atoms with Crippen LogP contribution in [0.5, 0.6) is 17.2 Å². The molecule has 9 atom stereocenters. The van der Waals surface area contributed by atoms with Gasteiger partial charge in [-0.2, -0.15) is 22.0 Å². The number of benzene rings is 7. The van der Waals surface area contributed by atoms with E-state index in [0.717, 1.165) is 116 Å². The first-order valence-corrected chi connectivity index (χ1v) is 34.9. The normalized spacial score (nSPS) is 23.1. The third-order valence-corrected chi connectivity index (χ3v) is 22.0. The maximum Gasteiger partial charge on any atom is 0.453 e. The fourth-order valence-corrected chi connectivity index (χ4v) is 17.0. The van der Waals surface area contributed by atoms with Crippen LogP contribution in [0.3, 0.4) is 0 Å². The van der Waals surface area contributed by atoms with Gasteiger partial charge in [0, 0.05) is 47.3 Å². The van der Waals surface area contributed by atoms with Gasteiger partial charge in [-0.3, -0.25) is 9.11 Å². The molecule has 8 nitrogen and oxygen atoms in total. The molecular weight excluding hydrogens is 1220 g/mol. The lowest BCUT2D eigenvalue weighted by atomic mass is 9.52. The smallest absolute Gasteiger partial charge is 0.453 e. The summed E-state index contributed by atoms with van der Waals surface area (Å²) in [6, 6.07) is 55.4. The van der Waals surface area contributed by atoms with Gasteiger partial charge in [-0.05, 0) is 253 Å². The van der Waals surface area contributed by atoms with Crippen LogP contribution < -0.4 is 4.74 Å². The number of aliphatic hydroxyl groups is 1. The predicted octanol–water partition coefficient (Wildman–Crippen LogP) is 18.4. The number of hydrogen-bond donors (Lipinski definition) is 4. The number of phenolic OH excluding ortho intramolecular Hbond substituents is 2. The Labute approximate surface area is 551 Å². The summed E-state index contributed by atoms with van der Waals surface area (Å²) in [6.45, 7) is 8.48. The molecule has 0 amide bonds. The average molecular weight is 1310 g/mol. The van der Waals surface area contributed by atoms with Crippen molar-refractivity contribution in [3.63, 3.8) is 0 Å². The lowest BCUT2D eigenvalue weighted by Gasteiger charge is -2.53. The number of carboxylic acids is 1. The van der Waals surface area contributed by atoms with Crippen molar-refractivity contribution in [3.8, 4) is 17.2 Å². The lowest BCUT2D eigenvalue weighted by molar-refractivity contribution is -0.284. The van der Waals surface area contributed by atoms with Crippen molar-refractivity contribution in [2.75, 3.05) is 37.7 Å². The number of nitrogens with zero attached hydrogens (tertiary/aromatic N) is 1. The minimum atomic E-state index is -5.57. The van der Waals surface area contributed by atoms with E-state index in [1.807, 2.05) is 66.7 Å². The number of likely N-dealkylation sites (tertiary alicyclic amines) is 1.